The summed E-state index contributed by atoms with van der Waals surface area (Å²) in [5, 5.41) is 5.81. The summed E-state index contributed by atoms with van der Waals surface area (Å²) in [6.07, 6.45) is 3.82. The number of carbonyl (C=O) groups is 4. The maximum absolute atomic E-state index is 14.8. The molecular weight excluding hydrogens is 664 g/mol. The Hall–Kier alpha value is -3.07. The van der Waals surface area contributed by atoms with Gasteiger partial charge in [0.25, 0.3) is 0 Å². The summed E-state index contributed by atoms with van der Waals surface area (Å²) in [4.78, 5) is 57.1. The minimum atomic E-state index is -0.883. The van der Waals surface area contributed by atoms with Crippen molar-refractivity contribution in [2.75, 3.05) is 35.1 Å². The number of halogens is 2. The maximum atomic E-state index is 14.8. The first-order valence-electron chi connectivity index (χ1n) is 13.1. The molecular formula is C28H33FIN5O5S. The quantitative estimate of drug-likeness (QED) is 0.459. The van der Waals surface area contributed by atoms with Crippen LogP contribution in [0.25, 0.3) is 0 Å². The molecule has 2 heterocycles. The second-order valence-electron chi connectivity index (χ2n) is 10.5. The highest BCUT2D eigenvalue weighted by molar-refractivity contribution is 14.1. The highest BCUT2D eigenvalue weighted by Crippen LogP contribution is 2.43. The minimum absolute atomic E-state index is 0.167. The molecule has 13 heteroatoms. The molecule has 1 aliphatic carbocycles. The van der Waals surface area contributed by atoms with Crippen LogP contribution in [0, 0.1) is 21.2 Å². The summed E-state index contributed by atoms with van der Waals surface area (Å²) in [6.45, 7) is 3.09. The van der Waals surface area contributed by atoms with Crippen molar-refractivity contribution in [3.63, 3.8) is 0 Å². The van der Waals surface area contributed by atoms with Crippen molar-refractivity contribution < 1.29 is 27.8 Å². The van der Waals surface area contributed by atoms with Gasteiger partial charge in [-0.2, -0.15) is 0 Å². The van der Waals surface area contributed by atoms with Crippen molar-refractivity contribution in [2.45, 2.75) is 44.9 Å². The molecule has 2 aromatic carbocycles. The van der Waals surface area contributed by atoms with Gasteiger partial charge in [-0.1, -0.05) is 13.0 Å². The molecule has 2 saturated heterocycles. The second-order valence-corrected chi connectivity index (χ2v) is 13.3. The van der Waals surface area contributed by atoms with E-state index in [0.29, 0.717) is 27.8 Å². The number of nitrogens with zero attached hydrogens (tertiary/aromatic N) is 3. The van der Waals surface area contributed by atoms with Crippen molar-refractivity contribution in [2.24, 2.45) is 11.8 Å². The number of carbonyl (C=O) groups excluding carboxylic acids is 4. The molecule has 2 N–H and O–H groups in total. The number of hydrogen-bond acceptors (Lipinski definition) is 6. The molecule has 10 nitrogen and oxygen atoms in total. The molecule has 0 radical (unpaired) electrons. The summed E-state index contributed by atoms with van der Waals surface area (Å²) in [5.74, 6) is -2.95. The normalized spacial score (nSPS) is 24.1. The molecule has 0 bridgehead atoms. The van der Waals surface area contributed by atoms with E-state index in [0.717, 1.165) is 0 Å². The van der Waals surface area contributed by atoms with E-state index in [4.69, 9.17) is 0 Å². The molecule has 4 atom stereocenters. The molecule has 220 valence electrons. The highest BCUT2D eigenvalue weighted by Gasteiger charge is 2.60. The first kappa shape index (κ1) is 30.9. The van der Waals surface area contributed by atoms with E-state index in [1.807, 2.05) is 22.6 Å². The lowest BCUT2D eigenvalue weighted by Crippen LogP contribution is -2.73. The predicted molar refractivity (Wildman–Crippen MR) is 164 cm³/mol. The molecule has 5 rings (SSSR count). The van der Waals surface area contributed by atoms with Crippen LogP contribution in [-0.2, 0) is 25.2 Å². The zero-order valence-corrected chi connectivity index (χ0v) is 26.4. The number of benzene rings is 2. The first-order chi connectivity index (χ1) is 19.3. The maximum Gasteiger partial charge on any atom is 0.331 e. The number of imide groups is 1. The number of urea groups is 1. The third kappa shape index (κ3) is 6.55. The Bertz CT molecular complexity index is 1400. The Kier molecular flexibility index (Phi) is 9.36. The predicted octanol–water partition coefficient (Wildman–Crippen LogP) is 3.85. The Morgan fingerprint density at radius 1 is 1.05 bits per heavy atom. The van der Waals surface area contributed by atoms with Gasteiger partial charge >= 0.3 is 6.03 Å². The minimum Gasteiger partial charge on any atom is -0.362 e. The number of likely N-dealkylation sites (tertiary alicyclic amines) is 1. The Morgan fingerprint density at radius 2 is 1.71 bits per heavy atom. The van der Waals surface area contributed by atoms with Crippen LogP contribution in [0.1, 0.15) is 26.7 Å². The number of amides is 5. The van der Waals surface area contributed by atoms with Crippen LogP contribution in [0.2, 0.25) is 0 Å². The van der Waals surface area contributed by atoms with Gasteiger partial charge in [0.05, 0.1) is 23.6 Å². The summed E-state index contributed by atoms with van der Waals surface area (Å²) < 4.78 is 25.1. The lowest BCUT2D eigenvalue weighted by atomic mass is 9.78. The largest absolute Gasteiger partial charge is 0.362 e. The van der Waals surface area contributed by atoms with E-state index in [1.165, 1.54) is 27.7 Å². The van der Waals surface area contributed by atoms with Gasteiger partial charge in [0.1, 0.15) is 12.0 Å². The standard InChI is InChI=1S/C26H27FIN5O4.C2H6OS/c1-13-22-21(23(31(3)24(13)35)30-20-10-7-15(28)11-19(20)27)25(36)33(17-8-9-17)26(37)32(22)18-6-4-5-16(12-18)29-14(2)34;1-4(2)3/h4-7,10-13,17,21-23,30H,8-9H2,1-3H3,(H,29,34);1-2H3. The van der Waals surface area contributed by atoms with Crippen LogP contribution in [0.5, 0.6) is 0 Å². The van der Waals surface area contributed by atoms with E-state index < -0.39 is 46.7 Å². The van der Waals surface area contributed by atoms with E-state index >= 15 is 0 Å². The number of nitrogens with one attached hydrogen (secondary N) is 2. The second kappa shape index (κ2) is 12.4. The van der Waals surface area contributed by atoms with E-state index in [1.54, 1.807) is 62.9 Å². The number of anilines is 3. The Balaban J connectivity index is 0.000000909. The van der Waals surface area contributed by atoms with Crippen molar-refractivity contribution in [1.82, 2.24) is 9.80 Å². The molecule has 41 heavy (non-hydrogen) atoms. The summed E-state index contributed by atoms with van der Waals surface area (Å²) in [5.41, 5.74) is 1.12. The van der Waals surface area contributed by atoms with Gasteiger partial charge in [-0.15, -0.1) is 0 Å². The lowest BCUT2D eigenvalue weighted by molar-refractivity contribution is -0.151. The number of piperidine rings is 1. The zero-order valence-electron chi connectivity index (χ0n) is 23.4. The van der Waals surface area contributed by atoms with Gasteiger partial charge in [0, 0.05) is 58.3 Å². The summed E-state index contributed by atoms with van der Waals surface area (Å²) >= 11 is 2.01. The molecule has 4 unspecified atom stereocenters. The fraction of sp³-hybridized carbons (Fsp3) is 0.429. The fourth-order valence-corrected chi connectivity index (χ4v) is 5.80. The van der Waals surface area contributed by atoms with Crippen LogP contribution >= 0.6 is 22.6 Å². The Morgan fingerprint density at radius 3 is 2.29 bits per heavy atom. The average Bonchev–Trinajstić information content (AvgIpc) is 3.71. The lowest BCUT2D eigenvalue weighted by Gasteiger charge is -2.54. The molecule has 3 aliphatic rings. The number of fused-ring (bicyclic) bond motifs is 1. The monoisotopic (exact) mass is 697 g/mol. The molecule has 1 saturated carbocycles. The number of hydrogen-bond donors (Lipinski definition) is 2. The highest BCUT2D eigenvalue weighted by atomic mass is 127. The molecule has 2 aromatic rings. The molecule has 0 aromatic heterocycles. The van der Waals surface area contributed by atoms with E-state index in [-0.39, 0.29) is 29.5 Å². The topological polar surface area (TPSA) is 119 Å². The van der Waals surface area contributed by atoms with E-state index in [9.17, 15) is 27.8 Å². The molecule has 2 aliphatic heterocycles. The van der Waals surface area contributed by atoms with Crippen molar-refractivity contribution in [1.29, 1.82) is 0 Å². The first-order valence-corrected chi connectivity index (χ1v) is 16.1. The van der Waals surface area contributed by atoms with Crippen LogP contribution in [0.3, 0.4) is 0 Å². The van der Waals surface area contributed by atoms with Gasteiger partial charge in [-0.3, -0.25) is 28.4 Å². The van der Waals surface area contributed by atoms with E-state index in [2.05, 4.69) is 10.6 Å². The van der Waals surface area contributed by atoms with Crippen LogP contribution in [0.4, 0.5) is 26.2 Å². The zero-order chi connectivity index (χ0) is 30.2. The molecule has 5 amide bonds. The van der Waals surface area contributed by atoms with Gasteiger partial charge < -0.3 is 15.5 Å². The van der Waals surface area contributed by atoms with Crippen molar-refractivity contribution in [3.05, 3.63) is 51.9 Å². The van der Waals surface area contributed by atoms with Gasteiger partial charge in [0.2, 0.25) is 17.7 Å². The smallest absolute Gasteiger partial charge is 0.331 e. The third-order valence-corrected chi connectivity index (χ3v) is 7.87. The fourth-order valence-electron chi connectivity index (χ4n) is 5.35. The third-order valence-electron chi connectivity index (χ3n) is 7.20. The SMILES string of the molecule is CC(=O)Nc1cccc(N2C(=O)N(C3CC3)C(=O)C3C(Nc4ccc(I)cc4F)N(C)C(=O)C(C)C32)c1.CS(C)=O. The van der Waals surface area contributed by atoms with Crippen LogP contribution in [0.15, 0.2) is 42.5 Å². The van der Waals surface area contributed by atoms with Crippen LogP contribution in [-0.4, -0.2) is 75.6 Å². The summed E-state index contributed by atoms with van der Waals surface area (Å²) in [6, 6.07) is 9.96. The van der Waals surface area contributed by atoms with Crippen molar-refractivity contribution in [3.8, 4) is 0 Å². The van der Waals surface area contributed by atoms with Gasteiger partial charge in [-0.05, 0) is 71.8 Å². The number of rotatable bonds is 5. The van der Waals surface area contributed by atoms with Crippen LogP contribution < -0.4 is 15.5 Å². The average molecular weight is 698 g/mol. The van der Waals surface area contributed by atoms with Gasteiger partial charge in [0.15, 0.2) is 0 Å². The van der Waals surface area contributed by atoms with Gasteiger partial charge in [-0.25, -0.2) is 9.18 Å². The summed E-state index contributed by atoms with van der Waals surface area (Å²) in [7, 11) is 0.976. The molecule has 0 spiro atoms. The van der Waals surface area contributed by atoms with Crippen molar-refractivity contribution >= 4 is 74.2 Å². The Labute approximate surface area is 254 Å². The molecule has 3 fully saturated rings.